The first kappa shape index (κ1) is 8.75. The Morgan fingerprint density at radius 2 is 2.27 bits per heavy atom. The van der Waals surface area contributed by atoms with E-state index in [1.165, 1.54) is 18.5 Å². The largest absolute Gasteiger partial charge is 0.380 e. The van der Waals surface area contributed by atoms with Crippen LogP contribution in [0.4, 0.5) is 0 Å². The zero-order valence-electron chi connectivity index (χ0n) is 7.76. The van der Waals surface area contributed by atoms with Crippen molar-refractivity contribution in [3.05, 3.63) is 11.6 Å². The summed E-state index contributed by atoms with van der Waals surface area (Å²) in [6.07, 6.45) is 3.51. The lowest BCUT2D eigenvalue weighted by molar-refractivity contribution is -0.886. The Bertz CT molecular complexity index is 161. The number of methoxy groups -OCH3 is 1. The molecular formula is C9H18NO+. The highest BCUT2D eigenvalue weighted by atomic mass is 16.5. The van der Waals surface area contributed by atoms with Crippen molar-refractivity contribution in [2.24, 2.45) is 0 Å². The van der Waals surface area contributed by atoms with Crippen molar-refractivity contribution >= 4 is 0 Å². The maximum Gasteiger partial charge on any atom is 0.0973 e. The summed E-state index contributed by atoms with van der Waals surface area (Å²) in [4.78, 5) is 0. The van der Waals surface area contributed by atoms with Gasteiger partial charge < -0.3 is 9.22 Å². The van der Waals surface area contributed by atoms with E-state index < -0.39 is 0 Å². The normalized spacial score (nSPS) is 23.0. The first-order valence-corrected chi connectivity index (χ1v) is 4.13. The number of hydrogen-bond acceptors (Lipinski definition) is 1. The Morgan fingerprint density at radius 3 is 2.73 bits per heavy atom. The molecule has 0 spiro atoms. The molecule has 64 valence electrons. The summed E-state index contributed by atoms with van der Waals surface area (Å²) in [6.45, 7) is 3.22. The molecule has 0 aromatic heterocycles. The van der Waals surface area contributed by atoms with Crippen LogP contribution in [0.5, 0.6) is 0 Å². The molecule has 2 nitrogen and oxygen atoms in total. The molecule has 0 saturated carbocycles. The summed E-state index contributed by atoms with van der Waals surface area (Å²) in [5.74, 6) is 0. The van der Waals surface area contributed by atoms with Gasteiger partial charge >= 0.3 is 0 Å². The van der Waals surface area contributed by atoms with E-state index in [9.17, 15) is 0 Å². The third-order valence-electron chi connectivity index (χ3n) is 2.24. The minimum atomic E-state index is 0.819. The van der Waals surface area contributed by atoms with Gasteiger partial charge in [-0.25, -0.2) is 0 Å². The first-order valence-electron chi connectivity index (χ1n) is 4.13. The molecule has 2 heteroatoms. The Balaban J connectivity index is 2.44. The van der Waals surface area contributed by atoms with Gasteiger partial charge in [0.15, 0.2) is 0 Å². The number of hydrogen-bond donors (Lipinski definition) is 0. The Morgan fingerprint density at radius 1 is 1.55 bits per heavy atom. The van der Waals surface area contributed by atoms with Crippen molar-refractivity contribution in [1.82, 2.24) is 0 Å². The summed E-state index contributed by atoms with van der Waals surface area (Å²) >= 11 is 0. The monoisotopic (exact) mass is 156 g/mol. The van der Waals surface area contributed by atoms with Crippen molar-refractivity contribution in [1.29, 1.82) is 0 Å². The highest BCUT2D eigenvalue weighted by Gasteiger charge is 2.18. The van der Waals surface area contributed by atoms with Gasteiger partial charge in [-0.15, -0.1) is 0 Å². The Labute approximate surface area is 69.0 Å². The highest BCUT2D eigenvalue weighted by molar-refractivity contribution is 5.04. The number of rotatable bonds is 2. The van der Waals surface area contributed by atoms with E-state index in [2.05, 4.69) is 20.2 Å². The van der Waals surface area contributed by atoms with Gasteiger partial charge in [-0.3, -0.25) is 0 Å². The first-order chi connectivity index (χ1) is 5.14. The second-order valence-corrected chi connectivity index (χ2v) is 3.89. The van der Waals surface area contributed by atoms with Crippen LogP contribution >= 0.6 is 0 Å². The quantitative estimate of drug-likeness (QED) is 0.429. The van der Waals surface area contributed by atoms with E-state index in [4.69, 9.17) is 4.74 Å². The van der Waals surface area contributed by atoms with E-state index in [0.717, 1.165) is 17.6 Å². The molecule has 0 aliphatic carbocycles. The maximum atomic E-state index is 5.07. The summed E-state index contributed by atoms with van der Waals surface area (Å²) < 4.78 is 6.19. The van der Waals surface area contributed by atoms with Gasteiger partial charge in [0.2, 0.25) is 0 Å². The van der Waals surface area contributed by atoms with Crippen LogP contribution in [0.2, 0.25) is 0 Å². The second-order valence-electron chi connectivity index (χ2n) is 3.89. The van der Waals surface area contributed by atoms with E-state index in [1.54, 1.807) is 7.11 Å². The number of nitrogens with zero attached hydrogens (tertiary/aromatic N) is 1. The van der Waals surface area contributed by atoms with E-state index in [0.29, 0.717) is 0 Å². The van der Waals surface area contributed by atoms with Crippen LogP contribution in [0.25, 0.3) is 0 Å². The summed E-state index contributed by atoms with van der Waals surface area (Å²) in [5, 5.41) is 0. The van der Waals surface area contributed by atoms with E-state index >= 15 is 0 Å². The molecular weight excluding hydrogens is 138 g/mol. The van der Waals surface area contributed by atoms with Crippen molar-refractivity contribution < 1.29 is 9.22 Å². The molecule has 0 N–H and O–H groups in total. The topological polar surface area (TPSA) is 9.23 Å². The predicted molar refractivity (Wildman–Crippen MR) is 46.4 cm³/mol. The fourth-order valence-corrected chi connectivity index (χ4v) is 1.33. The fourth-order valence-electron chi connectivity index (χ4n) is 1.33. The predicted octanol–water partition coefficient (Wildman–Crippen LogP) is 1.04. The SMILES string of the molecule is COCC1=CC[N+](C)(C)CC1. The number of likely N-dealkylation sites (N-methyl/N-ethyl adjacent to an activating group) is 1. The van der Waals surface area contributed by atoms with Crippen molar-refractivity contribution in [3.63, 3.8) is 0 Å². The second kappa shape index (κ2) is 3.37. The average Bonchev–Trinajstić information content (AvgIpc) is 1.94. The van der Waals surface area contributed by atoms with Crippen molar-refractivity contribution in [2.45, 2.75) is 6.42 Å². The lowest BCUT2D eigenvalue weighted by Crippen LogP contribution is -2.43. The molecule has 1 rings (SSSR count). The third kappa shape index (κ3) is 2.64. The van der Waals surface area contributed by atoms with Crippen LogP contribution in [0, 0.1) is 0 Å². The van der Waals surface area contributed by atoms with Gasteiger partial charge in [0.25, 0.3) is 0 Å². The Kier molecular flexibility index (Phi) is 2.68. The van der Waals surface area contributed by atoms with Crippen LogP contribution in [-0.4, -0.2) is 45.4 Å². The summed E-state index contributed by atoms with van der Waals surface area (Å²) in [5.41, 5.74) is 1.46. The average molecular weight is 156 g/mol. The molecule has 1 aliphatic heterocycles. The van der Waals surface area contributed by atoms with Crippen LogP contribution in [0.15, 0.2) is 11.6 Å². The maximum absolute atomic E-state index is 5.07. The third-order valence-corrected chi connectivity index (χ3v) is 2.24. The molecule has 0 aromatic carbocycles. The van der Waals surface area contributed by atoms with Crippen molar-refractivity contribution in [3.8, 4) is 0 Å². The van der Waals surface area contributed by atoms with Gasteiger partial charge in [0.05, 0.1) is 33.8 Å². The smallest absolute Gasteiger partial charge is 0.0973 e. The molecule has 11 heavy (non-hydrogen) atoms. The van der Waals surface area contributed by atoms with Crippen LogP contribution in [0.1, 0.15) is 6.42 Å². The minimum absolute atomic E-state index is 0.819. The fraction of sp³-hybridized carbons (Fsp3) is 0.778. The zero-order valence-corrected chi connectivity index (χ0v) is 7.76. The molecule has 0 radical (unpaired) electrons. The van der Waals surface area contributed by atoms with Gasteiger partial charge in [-0.2, -0.15) is 0 Å². The Hall–Kier alpha value is -0.340. The standard InChI is InChI=1S/C9H18NO/c1-10(2)6-4-9(5-7-10)8-11-3/h4H,5-8H2,1-3H3/q+1. The van der Waals surface area contributed by atoms with Gasteiger partial charge in [0.1, 0.15) is 0 Å². The van der Waals surface area contributed by atoms with Crippen molar-refractivity contribution in [2.75, 3.05) is 40.9 Å². The van der Waals surface area contributed by atoms with E-state index in [1.807, 2.05) is 0 Å². The van der Waals surface area contributed by atoms with Crippen LogP contribution < -0.4 is 0 Å². The molecule has 0 amide bonds. The molecule has 0 fully saturated rings. The lowest BCUT2D eigenvalue weighted by atomic mass is 10.1. The summed E-state index contributed by atoms with van der Waals surface area (Å²) in [7, 11) is 6.29. The van der Waals surface area contributed by atoms with Gasteiger partial charge in [-0.1, -0.05) is 0 Å². The molecule has 0 saturated heterocycles. The van der Waals surface area contributed by atoms with Crippen LogP contribution in [-0.2, 0) is 4.74 Å². The summed E-state index contributed by atoms with van der Waals surface area (Å²) in [6, 6.07) is 0. The van der Waals surface area contributed by atoms with Gasteiger partial charge in [-0.05, 0) is 11.6 Å². The number of quaternary nitrogens is 1. The zero-order chi connectivity index (χ0) is 8.32. The van der Waals surface area contributed by atoms with E-state index in [-0.39, 0.29) is 0 Å². The molecule has 0 bridgehead atoms. The minimum Gasteiger partial charge on any atom is -0.380 e. The highest BCUT2D eigenvalue weighted by Crippen LogP contribution is 2.13. The lowest BCUT2D eigenvalue weighted by Gasteiger charge is -2.32. The molecule has 1 heterocycles. The molecule has 0 unspecified atom stereocenters. The number of ether oxygens (including phenoxy) is 1. The van der Waals surface area contributed by atoms with Gasteiger partial charge in [0, 0.05) is 13.5 Å². The molecule has 1 aliphatic rings. The molecule has 0 aromatic rings. The molecule has 0 atom stereocenters. The van der Waals surface area contributed by atoms with Crippen LogP contribution in [0.3, 0.4) is 0 Å².